The van der Waals surface area contributed by atoms with Crippen LogP contribution in [0.4, 0.5) is 5.69 Å². The molecule has 2 amide bonds. The van der Waals surface area contributed by atoms with Gasteiger partial charge in [-0.2, -0.15) is 0 Å². The Morgan fingerprint density at radius 1 is 1.07 bits per heavy atom. The van der Waals surface area contributed by atoms with Crippen molar-refractivity contribution in [2.75, 3.05) is 25.0 Å². The van der Waals surface area contributed by atoms with E-state index < -0.39 is 0 Å². The molecule has 0 bridgehead atoms. The minimum absolute atomic E-state index is 0.0393. The number of hydrogen-bond acceptors (Lipinski definition) is 3. The molecule has 1 heterocycles. The smallest absolute Gasteiger partial charge is 0.255 e. The van der Waals surface area contributed by atoms with Gasteiger partial charge in [-0.15, -0.1) is 0 Å². The van der Waals surface area contributed by atoms with Crippen molar-refractivity contribution in [3.05, 3.63) is 58.6 Å². The van der Waals surface area contributed by atoms with Gasteiger partial charge in [0.1, 0.15) is 5.75 Å². The third kappa shape index (κ3) is 4.84. The minimum Gasteiger partial charge on any atom is -0.492 e. The van der Waals surface area contributed by atoms with Crippen molar-refractivity contribution in [1.29, 1.82) is 0 Å². The highest BCUT2D eigenvalue weighted by Crippen LogP contribution is 2.26. The maximum absolute atomic E-state index is 13.0. The molecule has 0 atom stereocenters. The van der Waals surface area contributed by atoms with Gasteiger partial charge in [0.15, 0.2) is 0 Å². The molecule has 1 aliphatic rings. The summed E-state index contributed by atoms with van der Waals surface area (Å²) in [5.41, 5.74) is 1.42. The van der Waals surface area contributed by atoms with Crippen LogP contribution in [0.1, 0.15) is 53.3 Å². The summed E-state index contributed by atoms with van der Waals surface area (Å²) in [5.74, 6) is 0.182. The van der Waals surface area contributed by atoms with E-state index >= 15 is 0 Å². The Labute approximate surface area is 170 Å². The summed E-state index contributed by atoms with van der Waals surface area (Å²) in [4.78, 5) is 27.6. The van der Waals surface area contributed by atoms with Crippen LogP contribution in [0.15, 0.2) is 42.5 Å². The fourth-order valence-corrected chi connectivity index (χ4v) is 3.57. The minimum atomic E-state index is -0.318. The molecule has 1 aliphatic heterocycles. The van der Waals surface area contributed by atoms with Crippen molar-refractivity contribution >= 4 is 29.1 Å². The molecule has 0 radical (unpaired) electrons. The topological polar surface area (TPSA) is 58.6 Å². The number of rotatable bonds is 5. The SMILES string of the molecule is CCOc1ccc(C(=O)Nc2ccccc2C(=O)N2CCCCCC2)cc1Cl. The maximum atomic E-state index is 13.0. The van der Waals surface area contributed by atoms with Gasteiger partial charge in [-0.05, 0) is 50.1 Å². The molecule has 1 fully saturated rings. The molecule has 28 heavy (non-hydrogen) atoms. The molecule has 2 aromatic carbocycles. The van der Waals surface area contributed by atoms with Crippen LogP contribution in [0.3, 0.4) is 0 Å². The molecule has 0 aromatic heterocycles. The van der Waals surface area contributed by atoms with Gasteiger partial charge in [-0.3, -0.25) is 9.59 Å². The number of likely N-dealkylation sites (tertiary alicyclic amines) is 1. The first-order valence-corrected chi connectivity index (χ1v) is 10.1. The van der Waals surface area contributed by atoms with E-state index in [4.69, 9.17) is 16.3 Å². The number of nitrogens with zero attached hydrogens (tertiary/aromatic N) is 1. The summed E-state index contributed by atoms with van der Waals surface area (Å²) in [6.45, 7) is 3.89. The number of amides is 2. The summed E-state index contributed by atoms with van der Waals surface area (Å²) in [7, 11) is 0. The largest absolute Gasteiger partial charge is 0.492 e. The Morgan fingerprint density at radius 2 is 1.79 bits per heavy atom. The molecular formula is C22H25ClN2O3. The number of benzene rings is 2. The van der Waals surface area contributed by atoms with Crippen LogP contribution in [0.2, 0.25) is 5.02 Å². The monoisotopic (exact) mass is 400 g/mol. The van der Waals surface area contributed by atoms with Crippen LogP contribution in [0.5, 0.6) is 5.75 Å². The predicted molar refractivity (Wildman–Crippen MR) is 111 cm³/mol. The highest BCUT2D eigenvalue weighted by molar-refractivity contribution is 6.32. The van der Waals surface area contributed by atoms with E-state index in [9.17, 15) is 9.59 Å². The van der Waals surface area contributed by atoms with Crippen LogP contribution >= 0.6 is 11.6 Å². The number of ether oxygens (including phenoxy) is 1. The van der Waals surface area contributed by atoms with E-state index in [1.807, 2.05) is 17.9 Å². The van der Waals surface area contributed by atoms with Gasteiger partial charge in [0.05, 0.1) is 22.9 Å². The number of nitrogens with one attached hydrogen (secondary N) is 1. The normalized spacial score (nSPS) is 14.3. The Hall–Kier alpha value is -2.53. The molecule has 1 N–H and O–H groups in total. The zero-order chi connectivity index (χ0) is 19.9. The Kier molecular flexibility index (Phi) is 6.93. The lowest BCUT2D eigenvalue weighted by atomic mass is 10.1. The summed E-state index contributed by atoms with van der Waals surface area (Å²) in [6, 6.07) is 12.0. The summed E-state index contributed by atoms with van der Waals surface area (Å²) < 4.78 is 5.40. The Balaban J connectivity index is 1.78. The number of halogens is 1. The fourth-order valence-electron chi connectivity index (χ4n) is 3.33. The van der Waals surface area contributed by atoms with Crippen molar-refractivity contribution < 1.29 is 14.3 Å². The number of carbonyl (C=O) groups is 2. The van der Waals surface area contributed by atoms with Crippen LogP contribution < -0.4 is 10.1 Å². The highest BCUT2D eigenvalue weighted by Gasteiger charge is 2.21. The van der Waals surface area contributed by atoms with Gasteiger partial charge in [0.25, 0.3) is 11.8 Å². The zero-order valence-corrected chi connectivity index (χ0v) is 16.8. The van der Waals surface area contributed by atoms with E-state index in [1.54, 1.807) is 36.4 Å². The average Bonchev–Trinajstić information content (AvgIpc) is 2.99. The van der Waals surface area contributed by atoms with Gasteiger partial charge in [-0.25, -0.2) is 0 Å². The fraction of sp³-hybridized carbons (Fsp3) is 0.364. The van der Waals surface area contributed by atoms with Crippen LogP contribution in [0, 0.1) is 0 Å². The molecule has 0 unspecified atom stereocenters. The lowest BCUT2D eigenvalue weighted by molar-refractivity contribution is 0.0762. The van der Waals surface area contributed by atoms with Gasteiger partial charge in [0.2, 0.25) is 0 Å². The van der Waals surface area contributed by atoms with Crippen LogP contribution in [-0.2, 0) is 0 Å². The van der Waals surface area contributed by atoms with E-state index in [1.165, 1.54) is 0 Å². The summed E-state index contributed by atoms with van der Waals surface area (Å²) >= 11 is 6.19. The standard InChI is InChI=1S/C22H25ClN2O3/c1-2-28-20-12-11-16(15-18(20)23)21(26)24-19-10-6-5-9-17(19)22(27)25-13-7-3-4-8-14-25/h5-6,9-12,15H,2-4,7-8,13-14H2,1H3,(H,24,26). The second-order valence-electron chi connectivity index (χ2n) is 6.78. The Bertz CT molecular complexity index is 845. The Morgan fingerprint density at radius 3 is 2.46 bits per heavy atom. The van der Waals surface area contributed by atoms with E-state index in [-0.39, 0.29) is 11.8 Å². The van der Waals surface area contributed by atoms with E-state index in [2.05, 4.69) is 5.32 Å². The second-order valence-corrected chi connectivity index (χ2v) is 7.19. The molecule has 1 saturated heterocycles. The van der Waals surface area contributed by atoms with Crippen molar-refractivity contribution in [2.24, 2.45) is 0 Å². The molecule has 0 spiro atoms. The third-order valence-corrected chi connectivity index (χ3v) is 5.09. The first kappa shape index (κ1) is 20.2. The van der Waals surface area contributed by atoms with Crippen LogP contribution in [-0.4, -0.2) is 36.4 Å². The molecule has 148 valence electrons. The van der Waals surface area contributed by atoms with Crippen molar-refractivity contribution in [3.8, 4) is 5.75 Å². The quantitative estimate of drug-likeness (QED) is 0.767. The number of anilines is 1. The lowest BCUT2D eigenvalue weighted by Gasteiger charge is -2.22. The van der Waals surface area contributed by atoms with Crippen molar-refractivity contribution in [3.63, 3.8) is 0 Å². The average molecular weight is 401 g/mol. The summed E-state index contributed by atoms with van der Waals surface area (Å²) in [6.07, 6.45) is 4.34. The lowest BCUT2D eigenvalue weighted by Crippen LogP contribution is -2.32. The number of para-hydroxylation sites is 1. The molecule has 0 aliphatic carbocycles. The first-order valence-electron chi connectivity index (χ1n) is 9.72. The highest BCUT2D eigenvalue weighted by atomic mass is 35.5. The number of carbonyl (C=O) groups excluding carboxylic acids is 2. The van der Waals surface area contributed by atoms with Crippen molar-refractivity contribution in [1.82, 2.24) is 4.90 Å². The molecular weight excluding hydrogens is 376 g/mol. The van der Waals surface area contributed by atoms with Gasteiger partial charge in [0, 0.05) is 18.7 Å². The number of hydrogen-bond donors (Lipinski definition) is 1. The third-order valence-electron chi connectivity index (χ3n) is 4.79. The molecule has 6 heteroatoms. The van der Waals surface area contributed by atoms with Gasteiger partial charge in [-0.1, -0.05) is 36.6 Å². The van der Waals surface area contributed by atoms with Gasteiger partial charge >= 0.3 is 0 Å². The predicted octanol–water partition coefficient (Wildman–Crippen LogP) is 5.01. The summed E-state index contributed by atoms with van der Waals surface area (Å²) in [5, 5.41) is 3.23. The van der Waals surface area contributed by atoms with E-state index in [0.717, 1.165) is 38.8 Å². The van der Waals surface area contributed by atoms with Gasteiger partial charge < -0.3 is 15.0 Å². The van der Waals surface area contributed by atoms with Crippen molar-refractivity contribution in [2.45, 2.75) is 32.6 Å². The molecule has 2 aromatic rings. The maximum Gasteiger partial charge on any atom is 0.255 e. The molecule has 0 saturated carbocycles. The zero-order valence-electron chi connectivity index (χ0n) is 16.0. The first-order chi connectivity index (χ1) is 13.6. The van der Waals surface area contributed by atoms with Crippen LogP contribution in [0.25, 0.3) is 0 Å². The molecule has 3 rings (SSSR count). The molecule has 5 nitrogen and oxygen atoms in total. The van der Waals surface area contributed by atoms with E-state index in [0.29, 0.717) is 34.2 Å². The second kappa shape index (κ2) is 9.60.